The highest BCUT2D eigenvalue weighted by Crippen LogP contribution is 2.25. The highest BCUT2D eigenvalue weighted by atomic mass is 15.2. The fourth-order valence-electron chi connectivity index (χ4n) is 4.49. The molecule has 6 rings (SSSR count). The van der Waals surface area contributed by atoms with Gasteiger partial charge in [0.2, 0.25) is 5.95 Å². The SMILES string of the molecule is CN1CCN(Cc2ccc(Nc3nccc(-c4cnc5ccc(-c6ccccc6)cn45)n3)cn2)CC1. The van der Waals surface area contributed by atoms with Crippen LogP contribution in [0.25, 0.3) is 28.2 Å². The maximum atomic E-state index is 4.76. The number of anilines is 2. The molecule has 36 heavy (non-hydrogen) atoms. The molecular formula is C28H28N8. The average molecular weight is 477 g/mol. The van der Waals surface area contributed by atoms with Crippen LogP contribution in [0, 0.1) is 0 Å². The zero-order chi connectivity index (χ0) is 24.3. The third kappa shape index (κ3) is 4.82. The van der Waals surface area contributed by atoms with Crippen LogP contribution in [0.15, 0.2) is 85.5 Å². The van der Waals surface area contributed by atoms with Gasteiger partial charge in [0.1, 0.15) is 5.65 Å². The van der Waals surface area contributed by atoms with E-state index in [1.54, 1.807) is 6.20 Å². The van der Waals surface area contributed by atoms with E-state index in [1.807, 2.05) is 48.8 Å². The Kier molecular flexibility index (Phi) is 6.11. The van der Waals surface area contributed by atoms with Gasteiger partial charge in [-0.3, -0.25) is 14.3 Å². The van der Waals surface area contributed by atoms with Crippen molar-refractivity contribution in [3.05, 3.63) is 91.1 Å². The Morgan fingerprint density at radius 3 is 2.47 bits per heavy atom. The van der Waals surface area contributed by atoms with Crippen LogP contribution >= 0.6 is 0 Å². The minimum Gasteiger partial charge on any atom is -0.323 e. The summed E-state index contributed by atoms with van der Waals surface area (Å²) in [5, 5.41) is 3.29. The van der Waals surface area contributed by atoms with E-state index in [9.17, 15) is 0 Å². The number of nitrogens with one attached hydrogen (secondary N) is 1. The van der Waals surface area contributed by atoms with Gasteiger partial charge in [-0.25, -0.2) is 15.0 Å². The summed E-state index contributed by atoms with van der Waals surface area (Å²) < 4.78 is 2.07. The molecule has 1 aliphatic heterocycles. The maximum Gasteiger partial charge on any atom is 0.227 e. The second-order valence-electron chi connectivity index (χ2n) is 9.16. The van der Waals surface area contributed by atoms with E-state index in [2.05, 4.69) is 72.0 Å². The number of hydrogen-bond acceptors (Lipinski definition) is 7. The number of rotatable bonds is 6. The second kappa shape index (κ2) is 9.85. The number of likely N-dealkylation sites (N-methyl/N-ethyl adjacent to an activating group) is 1. The third-order valence-corrected chi connectivity index (χ3v) is 6.59. The van der Waals surface area contributed by atoms with Crippen LogP contribution in [-0.2, 0) is 6.54 Å². The first-order valence-corrected chi connectivity index (χ1v) is 12.2. The van der Waals surface area contributed by atoms with Gasteiger partial charge in [0.05, 0.1) is 35.2 Å². The van der Waals surface area contributed by atoms with Crippen molar-refractivity contribution in [1.29, 1.82) is 0 Å². The standard InChI is InChI=1S/C28H28N8/c1-34-13-15-35(16-14-34)20-24-9-8-23(17-30-24)32-28-29-12-11-25(33-28)26-18-31-27-10-7-22(19-36(26)27)21-5-3-2-4-6-21/h2-12,17-19H,13-16,20H2,1H3,(H,29,32,33). The van der Waals surface area contributed by atoms with Crippen molar-refractivity contribution >= 4 is 17.3 Å². The van der Waals surface area contributed by atoms with Crippen molar-refractivity contribution in [2.45, 2.75) is 6.54 Å². The number of fused-ring (bicyclic) bond motifs is 1. The molecule has 0 atom stereocenters. The molecule has 0 unspecified atom stereocenters. The smallest absolute Gasteiger partial charge is 0.227 e. The van der Waals surface area contributed by atoms with Crippen LogP contribution in [0.2, 0.25) is 0 Å². The molecule has 0 spiro atoms. The number of aromatic nitrogens is 5. The summed E-state index contributed by atoms with van der Waals surface area (Å²) in [6, 6.07) is 20.5. The van der Waals surface area contributed by atoms with Gasteiger partial charge in [-0.15, -0.1) is 0 Å². The lowest BCUT2D eigenvalue weighted by Crippen LogP contribution is -2.43. The van der Waals surface area contributed by atoms with E-state index >= 15 is 0 Å². The van der Waals surface area contributed by atoms with Gasteiger partial charge in [0.25, 0.3) is 0 Å². The highest BCUT2D eigenvalue weighted by molar-refractivity contribution is 5.68. The van der Waals surface area contributed by atoms with Crippen LogP contribution < -0.4 is 5.32 Å². The molecule has 0 bridgehead atoms. The molecule has 0 amide bonds. The van der Waals surface area contributed by atoms with Crippen LogP contribution in [0.4, 0.5) is 11.6 Å². The van der Waals surface area contributed by atoms with Crippen LogP contribution in [0.5, 0.6) is 0 Å². The first kappa shape index (κ1) is 22.3. The molecule has 8 nitrogen and oxygen atoms in total. The Morgan fingerprint density at radius 1 is 0.806 bits per heavy atom. The van der Waals surface area contributed by atoms with Gasteiger partial charge >= 0.3 is 0 Å². The van der Waals surface area contributed by atoms with Crippen LogP contribution in [0.3, 0.4) is 0 Å². The van der Waals surface area contributed by atoms with Gasteiger partial charge in [-0.2, -0.15) is 0 Å². The Morgan fingerprint density at radius 2 is 1.67 bits per heavy atom. The quantitative estimate of drug-likeness (QED) is 0.391. The maximum absolute atomic E-state index is 4.76. The summed E-state index contributed by atoms with van der Waals surface area (Å²) in [5.41, 5.74) is 6.79. The molecule has 8 heteroatoms. The minimum absolute atomic E-state index is 0.523. The largest absolute Gasteiger partial charge is 0.323 e. The molecule has 1 aliphatic rings. The fourth-order valence-corrected chi connectivity index (χ4v) is 4.49. The van der Waals surface area contributed by atoms with Gasteiger partial charge < -0.3 is 10.2 Å². The van der Waals surface area contributed by atoms with Crippen molar-refractivity contribution in [2.75, 3.05) is 38.5 Å². The third-order valence-electron chi connectivity index (χ3n) is 6.59. The van der Waals surface area contributed by atoms with Crippen LogP contribution in [0.1, 0.15) is 5.69 Å². The molecule has 1 aromatic carbocycles. The lowest BCUT2D eigenvalue weighted by molar-refractivity contribution is 0.147. The summed E-state index contributed by atoms with van der Waals surface area (Å²) in [6.45, 7) is 5.24. The second-order valence-corrected chi connectivity index (χ2v) is 9.16. The van der Waals surface area contributed by atoms with Gasteiger partial charge in [0.15, 0.2) is 0 Å². The van der Waals surface area contributed by atoms with Crippen molar-refractivity contribution in [3.63, 3.8) is 0 Å². The first-order chi connectivity index (χ1) is 17.7. The lowest BCUT2D eigenvalue weighted by Gasteiger charge is -2.32. The number of pyridine rings is 2. The van der Waals surface area contributed by atoms with E-state index < -0.39 is 0 Å². The average Bonchev–Trinajstić information content (AvgIpc) is 3.35. The Hall–Kier alpha value is -4.14. The molecule has 0 saturated carbocycles. The zero-order valence-electron chi connectivity index (χ0n) is 20.2. The monoisotopic (exact) mass is 476 g/mol. The summed E-state index contributed by atoms with van der Waals surface area (Å²) >= 11 is 0. The number of nitrogens with zero attached hydrogens (tertiary/aromatic N) is 7. The summed E-state index contributed by atoms with van der Waals surface area (Å²) in [7, 11) is 2.17. The highest BCUT2D eigenvalue weighted by Gasteiger charge is 2.14. The summed E-state index contributed by atoms with van der Waals surface area (Å²) in [5.74, 6) is 0.523. The topological polar surface area (TPSA) is 74.5 Å². The van der Waals surface area contributed by atoms with E-state index in [0.717, 1.165) is 72.3 Å². The van der Waals surface area contributed by atoms with Crippen molar-refractivity contribution in [3.8, 4) is 22.5 Å². The number of benzene rings is 1. The minimum atomic E-state index is 0.523. The normalized spacial score (nSPS) is 14.8. The van der Waals surface area contributed by atoms with E-state index in [1.165, 1.54) is 0 Å². The number of piperazine rings is 1. The molecule has 5 aromatic rings. The Bertz CT molecular complexity index is 1450. The Balaban J connectivity index is 1.20. The molecule has 5 heterocycles. The predicted octanol–water partition coefficient (Wildman–Crippen LogP) is 4.34. The van der Waals surface area contributed by atoms with Gasteiger partial charge in [0, 0.05) is 45.1 Å². The molecule has 4 aromatic heterocycles. The molecule has 180 valence electrons. The van der Waals surface area contributed by atoms with E-state index in [4.69, 9.17) is 4.98 Å². The first-order valence-electron chi connectivity index (χ1n) is 12.2. The summed E-state index contributed by atoms with van der Waals surface area (Å²) in [6.07, 6.45) is 7.57. The molecular weight excluding hydrogens is 448 g/mol. The van der Waals surface area contributed by atoms with E-state index in [-0.39, 0.29) is 0 Å². The van der Waals surface area contributed by atoms with Crippen molar-refractivity contribution in [1.82, 2.24) is 34.1 Å². The lowest BCUT2D eigenvalue weighted by atomic mass is 10.1. The van der Waals surface area contributed by atoms with Gasteiger partial charge in [-0.05, 0) is 48.5 Å². The van der Waals surface area contributed by atoms with Crippen molar-refractivity contribution < 1.29 is 0 Å². The molecule has 1 N–H and O–H groups in total. The fraction of sp³-hybridized carbons (Fsp3) is 0.214. The molecule has 1 fully saturated rings. The number of imidazole rings is 1. The van der Waals surface area contributed by atoms with Crippen LogP contribution in [-0.4, -0.2) is 67.4 Å². The molecule has 0 radical (unpaired) electrons. The number of hydrogen-bond donors (Lipinski definition) is 1. The predicted molar refractivity (Wildman–Crippen MR) is 142 cm³/mol. The summed E-state index contributed by atoms with van der Waals surface area (Å²) in [4.78, 5) is 23.2. The van der Waals surface area contributed by atoms with Crippen molar-refractivity contribution in [2.24, 2.45) is 0 Å². The molecule has 0 aliphatic carbocycles. The van der Waals surface area contributed by atoms with Gasteiger partial charge in [-0.1, -0.05) is 30.3 Å². The zero-order valence-corrected chi connectivity index (χ0v) is 20.2. The van der Waals surface area contributed by atoms with E-state index in [0.29, 0.717) is 5.95 Å². The Labute approximate surface area is 210 Å². The molecule has 1 saturated heterocycles.